The Labute approximate surface area is 123 Å². The monoisotopic (exact) mass is 343 g/mol. The molecule has 1 N–H and O–H groups in total. The van der Waals surface area contributed by atoms with Crippen molar-refractivity contribution in [3.63, 3.8) is 0 Å². The van der Waals surface area contributed by atoms with Gasteiger partial charge in [-0.25, -0.2) is 0 Å². The fourth-order valence-corrected chi connectivity index (χ4v) is 2.81. The summed E-state index contributed by atoms with van der Waals surface area (Å²) >= 11 is 11.0. The lowest BCUT2D eigenvalue weighted by atomic mass is 10.2. The van der Waals surface area contributed by atoms with E-state index in [0.29, 0.717) is 17.1 Å². The van der Waals surface area contributed by atoms with Crippen molar-refractivity contribution in [3.8, 4) is 0 Å². The van der Waals surface area contributed by atoms with E-state index < -0.39 is 0 Å². The predicted octanol–water partition coefficient (Wildman–Crippen LogP) is 4.14. The Morgan fingerprint density at radius 1 is 1.39 bits per heavy atom. The van der Waals surface area contributed by atoms with E-state index in [4.69, 9.17) is 11.6 Å². The minimum atomic E-state index is -0.142. The number of carbonyl (C=O) groups excluding carboxylic acids is 1. The lowest BCUT2D eigenvalue weighted by Crippen LogP contribution is -2.25. The average molecular weight is 345 g/mol. The summed E-state index contributed by atoms with van der Waals surface area (Å²) in [6, 6.07) is 7.38. The zero-order chi connectivity index (χ0) is 13.0. The second kappa shape index (κ2) is 6.36. The van der Waals surface area contributed by atoms with Crippen molar-refractivity contribution in [2.24, 2.45) is 0 Å². The number of halogens is 2. The number of amides is 1. The van der Waals surface area contributed by atoms with E-state index in [0.717, 1.165) is 10.9 Å². The van der Waals surface area contributed by atoms with Crippen molar-refractivity contribution in [2.45, 2.75) is 6.42 Å². The molecular weight excluding hydrogens is 334 g/mol. The van der Waals surface area contributed by atoms with Gasteiger partial charge in [0.1, 0.15) is 0 Å². The summed E-state index contributed by atoms with van der Waals surface area (Å²) < 4.78 is 0.731. The van der Waals surface area contributed by atoms with Crippen LogP contribution >= 0.6 is 38.9 Å². The van der Waals surface area contributed by atoms with E-state index in [1.54, 1.807) is 23.5 Å². The molecule has 0 saturated heterocycles. The van der Waals surface area contributed by atoms with E-state index in [9.17, 15) is 4.79 Å². The highest BCUT2D eigenvalue weighted by Crippen LogP contribution is 2.25. The maximum Gasteiger partial charge on any atom is 0.252 e. The highest BCUT2D eigenvalue weighted by atomic mass is 79.9. The minimum Gasteiger partial charge on any atom is -0.352 e. The third-order valence-electron chi connectivity index (χ3n) is 2.48. The third kappa shape index (κ3) is 3.34. The molecule has 0 bridgehead atoms. The molecule has 0 spiro atoms. The number of carbonyl (C=O) groups is 1. The molecule has 2 aromatic rings. The van der Waals surface area contributed by atoms with E-state index in [2.05, 4.69) is 32.7 Å². The summed E-state index contributed by atoms with van der Waals surface area (Å²) in [5, 5.41) is 7.43. The molecule has 94 valence electrons. The Balaban J connectivity index is 1.93. The zero-order valence-corrected chi connectivity index (χ0v) is 12.6. The van der Waals surface area contributed by atoms with Gasteiger partial charge in [-0.1, -0.05) is 17.7 Å². The zero-order valence-electron chi connectivity index (χ0n) is 9.45. The largest absolute Gasteiger partial charge is 0.352 e. The highest BCUT2D eigenvalue weighted by Gasteiger charge is 2.11. The van der Waals surface area contributed by atoms with Gasteiger partial charge in [-0.05, 0) is 56.9 Å². The summed E-state index contributed by atoms with van der Waals surface area (Å²) in [7, 11) is 0. The number of hydrogen-bond donors (Lipinski definition) is 1. The minimum absolute atomic E-state index is 0.142. The predicted molar refractivity (Wildman–Crippen MR) is 79.5 cm³/mol. The SMILES string of the molecule is O=C(NCCc1ccsc1)c1cccc(Br)c1Cl. The summed E-state index contributed by atoms with van der Waals surface area (Å²) in [6.07, 6.45) is 0.834. The molecule has 0 atom stereocenters. The van der Waals surface area contributed by atoms with Gasteiger partial charge in [-0.3, -0.25) is 4.79 Å². The van der Waals surface area contributed by atoms with E-state index in [1.807, 2.05) is 11.4 Å². The molecule has 0 aliphatic rings. The molecule has 1 amide bonds. The third-order valence-corrected chi connectivity index (χ3v) is 4.50. The van der Waals surface area contributed by atoms with Crippen molar-refractivity contribution in [1.29, 1.82) is 0 Å². The maximum atomic E-state index is 11.9. The van der Waals surface area contributed by atoms with Gasteiger partial charge in [-0.2, -0.15) is 11.3 Å². The maximum absolute atomic E-state index is 11.9. The molecule has 18 heavy (non-hydrogen) atoms. The van der Waals surface area contributed by atoms with E-state index in [-0.39, 0.29) is 5.91 Å². The van der Waals surface area contributed by atoms with Gasteiger partial charge in [0, 0.05) is 11.0 Å². The summed E-state index contributed by atoms with van der Waals surface area (Å²) in [4.78, 5) is 11.9. The normalized spacial score (nSPS) is 10.3. The van der Waals surface area contributed by atoms with Crippen molar-refractivity contribution in [2.75, 3.05) is 6.54 Å². The summed E-state index contributed by atoms with van der Waals surface area (Å²) in [6.45, 7) is 0.610. The molecule has 0 aliphatic carbocycles. The van der Waals surface area contributed by atoms with E-state index >= 15 is 0 Å². The molecule has 0 radical (unpaired) electrons. The van der Waals surface area contributed by atoms with Crippen LogP contribution in [0.5, 0.6) is 0 Å². The number of nitrogens with one attached hydrogen (secondary N) is 1. The van der Waals surface area contributed by atoms with Crippen molar-refractivity contribution < 1.29 is 4.79 Å². The smallest absolute Gasteiger partial charge is 0.252 e. The average Bonchev–Trinajstić information content (AvgIpc) is 2.85. The molecule has 2 rings (SSSR count). The van der Waals surface area contributed by atoms with Gasteiger partial charge in [0.2, 0.25) is 0 Å². The van der Waals surface area contributed by atoms with Gasteiger partial charge in [0.25, 0.3) is 5.91 Å². The van der Waals surface area contributed by atoms with Crippen LogP contribution in [-0.2, 0) is 6.42 Å². The molecule has 0 fully saturated rings. The Morgan fingerprint density at radius 3 is 2.94 bits per heavy atom. The molecule has 5 heteroatoms. The first-order chi connectivity index (χ1) is 8.68. The Morgan fingerprint density at radius 2 is 2.22 bits per heavy atom. The van der Waals surface area contributed by atoms with Crippen molar-refractivity contribution in [1.82, 2.24) is 5.32 Å². The number of benzene rings is 1. The quantitative estimate of drug-likeness (QED) is 0.887. The Hall–Kier alpha value is -0.840. The van der Waals surface area contributed by atoms with Gasteiger partial charge < -0.3 is 5.32 Å². The van der Waals surface area contributed by atoms with Crippen LogP contribution in [0, 0.1) is 0 Å². The Kier molecular flexibility index (Phi) is 4.80. The summed E-state index contributed by atoms with van der Waals surface area (Å²) in [5.74, 6) is -0.142. The topological polar surface area (TPSA) is 29.1 Å². The van der Waals surface area contributed by atoms with Crippen LogP contribution in [0.4, 0.5) is 0 Å². The lowest BCUT2D eigenvalue weighted by molar-refractivity contribution is 0.0954. The second-order valence-electron chi connectivity index (χ2n) is 3.74. The molecule has 0 saturated carbocycles. The number of rotatable bonds is 4. The first kappa shape index (κ1) is 13.6. The Bertz CT molecular complexity index is 542. The first-order valence-electron chi connectivity index (χ1n) is 5.42. The number of thiophene rings is 1. The van der Waals surface area contributed by atoms with Gasteiger partial charge >= 0.3 is 0 Å². The second-order valence-corrected chi connectivity index (χ2v) is 5.75. The van der Waals surface area contributed by atoms with Crippen molar-refractivity contribution in [3.05, 3.63) is 55.6 Å². The molecule has 1 aromatic heterocycles. The molecule has 1 aromatic carbocycles. The molecule has 0 unspecified atom stereocenters. The molecular formula is C13H11BrClNOS. The fraction of sp³-hybridized carbons (Fsp3) is 0.154. The van der Waals surface area contributed by atoms with Crippen LogP contribution in [0.1, 0.15) is 15.9 Å². The highest BCUT2D eigenvalue weighted by molar-refractivity contribution is 9.10. The number of hydrogen-bond acceptors (Lipinski definition) is 2. The lowest BCUT2D eigenvalue weighted by Gasteiger charge is -2.07. The first-order valence-corrected chi connectivity index (χ1v) is 7.53. The molecule has 0 aliphatic heterocycles. The molecule has 2 nitrogen and oxygen atoms in total. The van der Waals surface area contributed by atoms with Crippen LogP contribution in [0.2, 0.25) is 5.02 Å². The fourth-order valence-electron chi connectivity index (χ4n) is 1.53. The molecule has 1 heterocycles. The van der Waals surface area contributed by atoms with Crippen molar-refractivity contribution >= 4 is 44.8 Å². The van der Waals surface area contributed by atoms with Crippen LogP contribution in [0.3, 0.4) is 0 Å². The van der Waals surface area contributed by atoms with Crippen LogP contribution in [0.25, 0.3) is 0 Å². The van der Waals surface area contributed by atoms with Crippen LogP contribution in [-0.4, -0.2) is 12.5 Å². The van der Waals surface area contributed by atoms with Gasteiger partial charge in [0.15, 0.2) is 0 Å². The van der Waals surface area contributed by atoms with Gasteiger partial charge in [-0.15, -0.1) is 0 Å². The van der Waals surface area contributed by atoms with Gasteiger partial charge in [0.05, 0.1) is 10.6 Å². The van der Waals surface area contributed by atoms with Crippen LogP contribution in [0.15, 0.2) is 39.5 Å². The van der Waals surface area contributed by atoms with Crippen LogP contribution < -0.4 is 5.32 Å². The van der Waals surface area contributed by atoms with E-state index in [1.165, 1.54) is 5.56 Å². The standard InChI is InChI=1S/C13H11BrClNOS/c14-11-3-1-2-10(12(11)15)13(17)16-6-4-9-5-7-18-8-9/h1-3,5,7-8H,4,6H2,(H,16,17). The summed E-state index contributed by atoms with van der Waals surface area (Å²) in [5.41, 5.74) is 1.73.